The van der Waals surface area contributed by atoms with Crippen molar-refractivity contribution in [3.05, 3.63) is 88.8 Å². The number of aliphatic carboxylic acids is 1. The smallest absolute Gasteiger partial charge is 0.303 e. The number of unbranched alkanes of at least 4 members (excludes halogenated alkanes) is 1. The van der Waals surface area contributed by atoms with Crippen LogP contribution in [-0.4, -0.2) is 31.9 Å². The highest BCUT2D eigenvalue weighted by molar-refractivity contribution is 6.30. The zero-order valence-corrected chi connectivity index (χ0v) is 20.0. The Morgan fingerprint density at radius 3 is 2.51 bits per heavy atom. The third kappa shape index (κ3) is 6.19. The fourth-order valence-corrected chi connectivity index (χ4v) is 3.93. The van der Waals surface area contributed by atoms with E-state index < -0.39 is 5.97 Å². The number of carboxylic acid groups (broad SMARTS) is 1. The molecule has 1 amide bonds. The molecule has 178 valence electrons. The van der Waals surface area contributed by atoms with Crippen molar-refractivity contribution in [3.63, 3.8) is 0 Å². The summed E-state index contributed by atoms with van der Waals surface area (Å²) in [4.78, 5) is 37.8. The van der Waals surface area contributed by atoms with Gasteiger partial charge >= 0.3 is 5.97 Å². The summed E-state index contributed by atoms with van der Waals surface area (Å²) in [5.74, 6) is -1.04. The molecule has 0 spiro atoms. The molecule has 4 rings (SSSR count). The molecular formula is C27H25ClN4O3. The predicted octanol–water partition coefficient (Wildman–Crippen LogP) is 5.63. The number of aromatic nitrogens is 3. The molecule has 0 fully saturated rings. The number of carbonyl (C=O) groups is 2. The number of hydrogen-bond donors (Lipinski definition) is 2. The van der Waals surface area contributed by atoms with Gasteiger partial charge in [0, 0.05) is 28.8 Å². The van der Waals surface area contributed by atoms with Crippen LogP contribution in [0.2, 0.25) is 5.02 Å². The summed E-state index contributed by atoms with van der Waals surface area (Å²) in [6.07, 6.45) is 3.58. The standard InChI is InChI=1S/C27H25ClN4O3/c1-17(21-6-4-5-15-29-21)30-27(35)19-11-14-22-24(16-19)31-23(7-2-3-8-25(33)34)26(32-22)18-9-12-20(28)13-10-18/h4-6,9-17H,2-3,7-8H2,1H3,(H,30,35)(H,33,34)/t17-/m0/s1. The second-order valence-electron chi connectivity index (χ2n) is 8.28. The molecule has 2 N–H and O–H groups in total. The number of carboxylic acids is 1. The van der Waals surface area contributed by atoms with E-state index in [-0.39, 0.29) is 18.4 Å². The first-order valence-corrected chi connectivity index (χ1v) is 11.8. The second kappa shape index (κ2) is 11.1. The number of carbonyl (C=O) groups excluding carboxylic acids is 1. The Balaban J connectivity index is 1.63. The van der Waals surface area contributed by atoms with Crippen LogP contribution in [0, 0.1) is 0 Å². The second-order valence-corrected chi connectivity index (χ2v) is 8.72. The molecule has 2 aromatic heterocycles. The van der Waals surface area contributed by atoms with Gasteiger partial charge in [-0.25, -0.2) is 9.97 Å². The summed E-state index contributed by atoms with van der Waals surface area (Å²) in [5.41, 5.74) is 4.88. The van der Waals surface area contributed by atoms with Gasteiger partial charge in [-0.05, 0) is 68.7 Å². The van der Waals surface area contributed by atoms with Crippen LogP contribution < -0.4 is 5.32 Å². The quantitative estimate of drug-likeness (QED) is 0.296. The first-order chi connectivity index (χ1) is 16.9. The van der Waals surface area contributed by atoms with Crippen molar-refractivity contribution in [1.29, 1.82) is 0 Å². The number of nitrogens with zero attached hydrogens (tertiary/aromatic N) is 3. The van der Waals surface area contributed by atoms with Crippen LogP contribution in [0.15, 0.2) is 66.9 Å². The SMILES string of the molecule is C[C@H](NC(=O)c1ccc2nc(-c3ccc(Cl)cc3)c(CCCCC(=O)O)nc2c1)c1ccccn1. The zero-order chi connectivity index (χ0) is 24.8. The minimum absolute atomic E-state index is 0.107. The van der Waals surface area contributed by atoms with E-state index in [0.717, 1.165) is 22.6 Å². The van der Waals surface area contributed by atoms with Crippen molar-refractivity contribution in [2.45, 2.75) is 38.6 Å². The van der Waals surface area contributed by atoms with E-state index in [2.05, 4.69) is 10.3 Å². The number of fused-ring (bicyclic) bond motifs is 1. The minimum Gasteiger partial charge on any atom is -0.481 e. The number of hydrogen-bond acceptors (Lipinski definition) is 5. The van der Waals surface area contributed by atoms with E-state index in [1.54, 1.807) is 36.5 Å². The minimum atomic E-state index is -0.817. The van der Waals surface area contributed by atoms with Crippen LogP contribution in [0.3, 0.4) is 0 Å². The lowest BCUT2D eigenvalue weighted by Crippen LogP contribution is -2.27. The zero-order valence-electron chi connectivity index (χ0n) is 19.2. The van der Waals surface area contributed by atoms with Crippen LogP contribution >= 0.6 is 11.6 Å². The molecule has 8 heteroatoms. The summed E-state index contributed by atoms with van der Waals surface area (Å²) in [7, 11) is 0. The van der Waals surface area contributed by atoms with Gasteiger partial charge in [-0.15, -0.1) is 0 Å². The number of aryl methyl sites for hydroxylation is 1. The molecule has 1 atom stereocenters. The van der Waals surface area contributed by atoms with Crippen molar-refractivity contribution in [3.8, 4) is 11.3 Å². The van der Waals surface area contributed by atoms with Gasteiger partial charge in [0.05, 0.1) is 34.2 Å². The van der Waals surface area contributed by atoms with E-state index in [0.29, 0.717) is 40.9 Å². The van der Waals surface area contributed by atoms with Gasteiger partial charge in [-0.2, -0.15) is 0 Å². The van der Waals surface area contributed by atoms with Crippen LogP contribution in [0.4, 0.5) is 0 Å². The van der Waals surface area contributed by atoms with Gasteiger partial charge in [0.15, 0.2) is 0 Å². The van der Waals surface area contributed by atoms with Crippen LogP contribution in [0.25, 0.3) is 22.3 Å². The Kier molecular flexibility index (Phi) is 7.67. The molecule has 0 aliphatic carbocycles. The molecule has 0 aliphatic rings. The molecule has 2 aromatic carbocycles. The molecule has 2 heterocycles. The van der Waals surface area contributed by atoms with Crippen LogP contribution in [-0.2, 0) is 11.2 Å². The molecule has 4 aromatic rings. The lowest BCUT2D eigenvalue weighted by molar-refractivity contribution is -0.137. The van der Waals surface area contributed by atoms with Gasteiger partial charge in [-0.3, -0.25) is 14.6 Å². The fourth-order valence-electron chi connectivity index (χ4n) is 3.80. The lowest BCUT2D eigenvalue weighted by atomic mass is 10.0. The van der Waals surface area contributed by atoms with Gasteiger partial charge < -0.3 is 10.4 Å². The Morgan fingerprint density at radius 1 is 1.00 bits per heavy atom. The number of halogens is 1. The average Bonchev–Trinajstić information content (AvgIpc) is 2.86. The molecular weight excluding hydrogens is 464 g/mol. The first kappa shape index (κ1) is 24.3. The van der Waals surface area contributed by atoms with E-state index >= 15 is 0 Å². The number of nitrogens with one attached hydrogen (secondary N) is 1. The topological polar surface area (TPSA) is 105 Å². The number of pyridine rings is 1. The summed E-state index contributed by atoms with van der Waals surface area (Å²) in [5, 5.41) is 12.5. The normalized spacial score (nSPS) is 11.8. The van der Waals surface area contributed by atoms with Crippen LogP contribution in [0.1, 0.15) is 54.0 Å². The highest BCUT2D eigenvalue weighted by Gasteiger charge is 2.16. The molecule has 0 unspecified atom stereocenters. The molecule has 0 saturated heterocycles. The predicted molar refractivity (Wildman–Crippen MR) is 135 cm³/mol. The summed E-state index contributed by atoms with van der Waals surface area (Å²) in [6.45, 7) is 1.88. The average molecular weight is 489 g/mol. The molecule has 0 bridgehead atoms. The molecule has 0 radical (unpaired) electrons. The molecule has 7 nitrogen and oxygen atoms in total. The number of benzene rings is 2. The van der Waals surface area contributed by atoms with Crippen molar-refractivity contribution in [1.82, 2.24) is 20.3 Å². The summed E-state index contributed by atoms with van der Waals surface area (Å²) in [6, 6.07) is 18.0. The molecule has 0 saturated carbocycles. The highest BCUT2D eigenvalue weighted by Crippen LogP contribution is 2.27. The Labute approximate surface area is 208 Å². The maximum atomic E-state index is 12.9. The monoisotopic (exact) mass is 488 g/mol. The highest BCUT2D eigenvalue weighted by atomic mass is 35.5. The van der Waals surface area contributed by atoms with Crippen molar-refractivity contribution in [2.24, 2.45) is 0 Å². The maximum absolute atomic E-state index is 12.9. The first-order valence-electron chi connectivity index (χ1n) is 11.4. The van der Waals surface area contributed by atoms with E-state index in [9.17, 15) is 9.59 Å². The molecule has 0 aliphatic heterocycles. The lowest BCUT2D eigenvalue weighted by Gasteiger charge is -2.14. The van der Waals surface area contributed by atoms with Crippen molar-refractivity contribution in [2.75, 3.05) is 0 Å². The van der Waals surface area contributed by atoms with Gasteiger partial charge in [0.2, 0.25) is 0 Å². The largest absolute Gasteiger partial charge is 0.481 e. The summed E-state index contributed by atoms with van der Waals surface area (Å²) >= 11 is 6.05. The maximum Gasteiger partial charge on any atom is 0.303 e. The third-order valence-corrected chi connectivity index (χ3v) is 5.90. The van der Waals surface area contributed by atoms with Gasteiger partial charge in [-0.1, -0.05) is 29.8 Å². The Hall–Kier alpha value is -3.84. The Morgan fingerprint density at radius 2 is 1.80 bits per heavy atom. The van der Waals surface area contributed by atoms with E-state index in [1.807, 2.05) is 37.3 Å². The van der Waals surface area contributed by atoms with Crippen molar-refractivity contribution >= 4 is 34.5 Å². The van der Waals surface area contributed by atoms with E-state index in [1.165, 1.54) is 0 Å². The number of rotatable bonds is 9. The Bertz CT molecular complexity index is 1340. The molecule has 35 heavy (non-hydrogen) atoms. The summed E-state index contributed by atoms with van der Waals surface area (Å²) < 4.78 is 0. The fraction of sp³-hybridized carbons (Fsp3) is 0.222. The van der Waals surface area contributed by atoms with E-state index in [4.69, 9.17) is 26.7 Å². The van der Waals surface area contributed by atoms with Crippen LogP contribution in [0.5, 0.6) is 0 Å². The van der Waals surface area contributed by atoms with Gasteiger partial charge in [0.1, 0.15) is 0 Å². The number of amides is 1. The third-order valence-electron chi connectivity index (χ3n) is 5.65. The van der Waals surface area contributed by atoms with Crippen molar-refractivity contribution < 1.29 is 14.7 Å². The van der Waals surface area contributed by atoms with Gasteiger partial charge in [0.25, 0.3) is 5.91 Å².